The van der Waals surface area contributed by atoms with Crippen molar-refractivity contribution in [2.75, 3.05) is 11.5 Å². The Morgan fingerprint density at radius 3 is 2.71 bits per heavy atom. The van der Waals surface area contributed by atoms with Gasteiger partial charge in [-0.1, -0.05) is 24.3 Å². The van der Waals surface area contributed by atoms with Crippen LogP contribution in [0.1, 0.15) is 23.8 Å². The molecule has 0 radical (unpaired) electrons. The number of pyridine rings is 1. The number of para-hydroxylation sites is 1. The van der Waals surface area contributed by atoms with Crippen molar-refractivity contribution in [1.29, 1.82) is 0 Å². The Hall–Kier alpha value is -1.95. The number of fused-ring (bicyclic) bond motifs is 1. The largest absolute Gasteiger partial charge is 0.344 e. The molecule has 1 fully saturated rings. The Morgan fingerprint density at radius 2 is 2.00 bits per heavy atom. The van der Waals surface area contributed by atoms with E-state index in [1.807, 2.05) is 30.3 Å². The summed E-state index contributed by atoms with van der Waals surface area (Å²) in [6.45, 7) is 1.76. The van der Waals surface area contributed by atoms with Gasteiger partial charge in [-0.2, -0.15) is 0 Å². The molecule has 1 aliphatic rings. The number of carbonyl (C=O) groups is 1. The van der Waals surface area contributed by atoms with Crippen LogP contribution in [0.3, 0.4) is 0 Å². The lowest BCUT2D eigenvalue weighted by Crippen LogP contribution is -2.47. The first-order valence-electron chi connectivity index (χ1n) is 6.76. The number of sulfone groups is 1. The van der Waals surface area contributed by atoms with Gasteiger partial charge >= 0.3 is 0 Å². The quantitative estimate of drug-likeness (QED) is 0.913. The third-order valence-corrected chi connectivity index (χ3v) is 5.65. The second kappa shape index (κ2) is 4.80. The molecule has 0 aliphatic carbocycles. The van der Waals surface area contributed by atoms with E-state index in [1.54, 1.807) is 13.0 Å². The molecule has 6 heteroatoms. The molecule has 1 aromatic carbocycles. The van der Waals surface area contributed by atoms with Gasteiger partial charge in [0.15, 0.2) is 9.84 Å². The van der Waals surface area contributed by atoms with Crippen molar-refractivity contribution in [1.82, 2.24) is 10.3 Å². The first-order chi connectivity index (χ1) is 9.87. The van der Waals surface area contributed by atoms with E-state index < -0.39 is 15.4 Å². The standard InChI is InChI=1S/C15H16N2O3S/c1-15(8-9-21(19,20)10-15)17-14(18)13-7-6-11-4-2-3-5-12(11)16-13/h2-7H,8-10H2,1H3,(H,17,18)/t15-/m0/s1. The molecule has 5 nitrogen and oxygen atoms in total. The zero-order chi connectivity index (χ0) is 15.1. The van der Waals surface area contributed by atoms with E-state index in [-0.39, 0.29) is 17.4 Å². The van der Waals surface area contributed by atoms with Crippen LogP contribution in [-0.2, 0) is 9.84 Å². The molecule has 0 bridgehead atoms. The summed E-state index contributed by atoms with van der Waals surface area (Å²) in [5, 5.41) is 3.77. The number of hydrogen-bond acceptors (Lipinski definition) is 4. The first-order valence-corrected chi connectivity index (χ1v) is 8.58. The minimum Gasteiger partial charge on any atom is -0.344 e. The second-order valence-electron chi connectivity index (χ2n) is 5.75. The lowest BCUT2D eigenvalue weighted by molar-refractivity contribution is 0.0910. The summed E-state index contributed by atoms with van der Waals surface area (Å²) in [5.74, 6) is -0.228. The van der Waals surface area contributed by atoms with Crippen molar-refractivity contribution in [2.24, 2.45) is 0 Å². The van der Waals surface area contributed by atoms with Crippen LogP contribution in [0.4, 0.5) is 0 Å². The maximum absolute atomic E-state index is 12.3. The number of aromatic nitrogens is 1. The zero-order valence-electron chi connectivity index (χ0n) is 11.7. The molecule has 1 amide bonds. The summed E-state index contributed by atoms with van der Waals surface area (Å²) in [7, 11) is -3.05. The molecule has 0 spiro atoms. The fourth-order valence-electron chi connectivity index (χ4n) is 2.64. The van der Waals surface area contributed by atoms with E-state index in [1.165, 1.54) is 0 Å². The second-order valence-corrected chi connectivity index (χ2v) is 7.93. The van der Waals surface area contributed by atoms with Crippen LogP contribution in [0.2, 0.25) is 0 Å². The average molecular weight is 304 g/mol. The van der Waals surface area contributed by atoms with E-state index in [0.29, 0.717) is 12.1 Å². The van der Waals surface area contributed by atoms with Gasteiger partial charge in [-0.25, -0.2) is 13.4 Å². The van der Waals surface area contributed by atoms with Crippen molar-refractivity contribution < 1.29 is 13.2 Å². The zero-order valence-corrected chi connectivity index (χ0v) is 12.5. The molecule has 1 N–H and O–H groups in total. The van der Waals surface area contributed by atoms with Crippen LogP contribution < -0.4 is 5.32 Å². The summed E-state index contributed by atoms with van der Waals surface area (Å²) in [4.78, 5) is 16.6. The van der Waals surface area contributed by atoms with E-state index in [9.17, 15) is 13.2 Å². The molecule has 3 rings (SSSR count). The normalized spacial score (nSPS) is 24.0. The van der Waals surface area contributed by atoms with Gasteiger partial charge < -0.3 is 5.32 Å². The maximum atomic E-state index is 12.3. The highest BCUT2D eigenvalue weighted by Crippen LogP contribution is 2.23. The van der Waals surface area contributed by atoms with E-state index in [2.05, 4.69) is 10.3 Å². The van der Waals surface area contributed by atoms with Crippen LogP contribution in [0.25, 0.3) is 10.9 Å². The highest BCUT2D eigenvalue weighted by molar-refractivity contribution is 7.91. The predicted molar refractivity (Wildman–Crippen MR) is 80.9 cm³/mol. The molecular weight excluding hydrogens is 288 g/mol. The third-order valence-electron chi connectivity index (χ3n) is 3.75. The van der Waals surface area contributed by atoms with Crippen LogP contribution >= 0.6 is 0 Å². The van der Waals surface area contributed by atoms with Gasteiger partial charge in [-0.05, 0) is 25.5 Å². The minimum absolute atomic E-state index is 0.0146. The topological polar surface area (TPSA) is 76.1 Å². The SMILES string of the molecule is C[C@]1(NC(=O)c2ccc3ccccc3n2)CCS(=O)(=O)C1. The van der Waals surface area contributed by atoms with Gasteiger partial charge in [0.1, 0.15) is 5.69 Å². The molecule has 2 heterocycles. The summed E-state index contributed by atoms with van der Waals surface area (Å²) in [6.07, 6.45) is 0.439. The number of amides is 1. The van der Waals surface area contributed by atoms with Crippen molar-refractivity contribution in [3.8, 4) is 0 Å². The highest BCUT2D eigenvalue weighted by Gasteiger charge is 2.39. The number of rotatable bonds is 2. The fourth-order valence-corrected chi connectivity index (χ4v) is 4.73. The molecule has 110 valence electrons. The molecule has 2 aromatic rings. The molecular formula is C15H16N2O3S. The van der Waals surface area contributed by atoms with Crippen LogP contribution in [-0.4, -0.2) is 36.4 Å². The van der Waals surface area contributed by atoms with Gasteiger partial charge in [-0.3, -0.25) is 4.79 Å². The number of nitrogens with one attached hydrogen (secondary N) is 1. The van der Waals surface area contributed by atoms with Crippen LogP contribution in [0.5, 0.6) is 0 Å². The molecule has 0 unspecified atom stereocenters. The van der Waals surface area contributed by atoms with Gasteiger partial charge in [0.05, 0.1) is 22.6 Å². The highest BCUT2D eigenvalue weighted by atomic mass is 32.2. The molecule has 0 saturated carbocycles. The summed E-state index contributed by atoms with van der Waals surface area (Å²) < 4.78 is 23.1. The van der Waals surface area contributed by atoms with Gasteiger partial charge in [-0.15, -0.1) is 0 Å². The molecule has 1 aromatic heterocycles. The number of benzene rings is 1. The molecule has 21 heavy (non-hydrogen) atoms. The Labute approximate surface area is 123 Å². The summed E-state index contributed by atoms with van der Waals surface area (Å²) >= 11 is 0. The van der Waals surface area contributed by atoms with Crippen molar-refractivity contribution in [3.05, 3.63) is 42.1 Å². The Morgan fingerprint density at radius 1 is 1.24 bits per heavy atom. The smallest absolute Gasteiger partial charge is 0.270 e. The van der Waals surface area contributed by atoms with Gasteiger partial charge in [0, 0.05) is 5.39 Å². The number of hydrogen-bond donors (Lipinski definition) is 1. The maximum Gasteiger partial charge on any atom is 0.270 e. The van der Waals surface area contributed by atoms with Crippen molar-refractivity contribution >= 4 is 26.6 Å². The Bertz CT molecular complexity index is 817. The number of nitrogens with zero attached hydrogens (tertiary/aromatic N) is 1. The Kier molecular flexibility index (Phi) is 3.20. The average Bonchev–Trinajstić information content (AvgIpc) is 2.71. The fraction of sp³-hybridized carbons (Fsp3) is 0.333. The van der Waals surface area contributed by atoms with E-state index >= 15 is 0 Å². The van der Waals surface area contributed by atoms with E-state index in [0.717, 1.165) is 10.9 Å². The Balaban J connectivity index is 1.84. The van der Waals surface area contributed by atoms with Crippen molar-refractivity contribution in [3.63, 3.8) is 0 Å². The van der Waals surface area contributed by atoms with Crippen molar-refractivity contribution in [2.45, 2.75) is 18.9 Å². The minimum atomic E-state index is -3.05. The number of carbonyl (C=O) groups excluding carboxylic acids is 1. The molecule has 1 saturated heterocycles. The first kappa shape index (κ1) is 14.0. The third kappa shape index (κ3) is 2.90. The predicted octanol–water partition coefficient (Wildman–Crippen LogP) is 1.54. The van der Waals surface area contributed by atoms with Gasteiger partial charge in [0.2, 0.25) is 0 Å². The lowest BCUT2D eigenvalue weighted by atomic mass is 10.0. The lowest BCUT2D eigenvalue weighted by Gasteiger charge is -2.23. The van der Waals surface area contributed by atoms with Crippen LogP contribution in [0.15, 0.2) is 36.4 Å². The van der Waals surface area contributed by atoms with Crippen LogP contribution in [0, 0.1) is 0 Å². The monoisotopic (exact) mass is 304 g/mol. The van der Waals surface area contributed by atoms with Gasteiger partial charge in [0.25, 0.3) is 5.91 Å². The molecule has 1 aliphatic heterocycles. The summed E-state index contributed by atoms with van der Waals surface area (Å²) in [6, 6.07) is 11.0. The molecule has 1 atom stereocenters. The van der Waals surface area contributed by atoms with E-state index in [4.69, 9.17) is 0 Å². The summed E-state index contributed by atoms with van der Waals surface area (Å²) in [5.41, 5.74) is 0.344.